The van der Waals surface area contributed by atoms with Gasteiger partial charge >= 0.3 is 0 Å². The first-order valence-corrected chi connectivity index (χ1v) is 8.33. The van der Waals surface area contributed by atoms with Crippen molar-refractivity contribution in [2.24, 2.45) is 0 Å². The molecule has 106 valence electrons. The summed E-state index contributed by atoms with van der Waals surface area (Å²) in [5.41, 5.74) is 2.54. The second-order valence-electron chi connectivity index (χ2n) is 5.59. The third-order valence-electron chi connectivity index (χ3n) is 4.32. The highest BCUT2D eigenvalue weighted by Crippen LogP contribution is 2.38. The number of rotatable bonds is 2. The van der Waals surface area contributed by atoms with E-state index in [1.807, 2.05) is 18.4 Å². The molecule has 0 saturated heterocycles. The van der Waals surface area contributed by atoms with Crippen LogP contribution in [0.1, 0.15) is 29.5 Å². The molecule has 0 bridgehead atoms. The summed E-state index contributed by atoms with van der Waals surface area (Å²) in [6.45, 7) is 0. The molecule has 1 unspecified atom stereocenters. The van der Waals surface area contributed by atoms with E-state index in [2.05, 4.69) is 47.8 Å². The highest BCUT2D eigenvalue weighted by molar-refractivity contribution is 7.15. The Kier molecular flexibility index (Phi) is 3.24. The van der Waals surface area contributed by atoms with Gasteiger partial charge in [0.15, 0.2) is 0 Å². The zero-order chi connectivity index (χ0) is 14.2. The van der Waals surface area contributed by atoms with Crippen LogP contribution in [0.3, 0.4) is 0 Å². The van der Waals surface area contributed by atoms with Gasteiger partial charge in [-0.3, -0.25) is 0 Å². The van der Waals surface area contributed by atoms with E-state index in [0.29, 0.717) is 6.04 Å². The summed E-state index contributed by atoms with van der Waals surface area (Å²) in [6.07, 6.45) is 3.63. The number of benzene rings is 2. The van der Waals surface area contributed by atoms with Crippen LogP contribution in [-0.4, -0.2) is 12.0 Å². The van der Waals surface area contributed by atoms with Gasteiger partial charge < -0.3 is 5.32 Å². The molecule has 0 radical (unpaired) electrons. The van der Waals surface area contributed by atoms with Crippen LogP contribution in [0.2, 0.25) is 0 Å². The largest absolute Gasteiger partial charge is 0.312 e. The topological polar surface area (TPSA) is 24.9 Å². The Bertz CT molecular complexity index is 786. The Labute approximate surface area is 128 Å². The number of aryl methyl sites for hydroxylation is 1. The molecule has 21 heavy (non-hydrogen) atoms. The molecular weight excluding hydrogens is 276 g/mol. The van der Waals surface area contributed by atoms with E-state index in [9.17, 15) is 0 Å². The summed E-state index contributed by atoms with van der Waals surface area (Å²) in [7, 11) is 2.04. The molecule has 4 rings (SSSR count). The first-order chi connectivity index (χ1) is 10.4. The maximum absolute atomic E-state index is 4.98. The van der Waals surface area contributed by atoms with E-state index in [1.54, 1.807) is 0 Å². The maximum atomic E-state index is 4.98. The summed E-state index contributed by atoms with van der Waals surface area (Å²) in [5.74, 6) is 0. The Hall–Kier alpha value is -1.71. The zero-order valence-electron chi connectivity index (χ0n) is 12.1. The first kappa shape index (κ1) is 13.0. The lowest BCUT2D eigenvalue weighted by atomic mass is 9.98. The SMILES string of the molecule is CNC1CCCc2sc(-c3cccc4ccccc34)nc21. The second-order valence-corrected chi connectivity index (χ2v) is 6.67. The van der Waals surface area contributed by atoms with Gasteiger partial charge in [0, 0.05) is 10.4 Å². The number of aromatic nitrogens is 1. The Balaban J connectivity index is 1.88. The van der Waals surface area contributed by atoms with Crippen molar-refractivity contribution >= 4 is 22.1 Å². The molecule has 1 atom stereocenters. The quantitative estimate of drug-likeness (QED) is 0.749. The molecule has 0 fully saturated rings. The van der Waals surface area contributed by atoms with Crippen LogP contribution in [0.5, 0.6) is 0 Å². The van der Waals surface area contributed by atoms with Gasteiger partial charge in [-0.25, -0.2) is 4.98 Å². The molecule has 2 aromatic carbocycles. The highest BCUT2D eigenvalue weighted by atomic mass is 32.1. The van der Waals surface area contributed by atoms with Gasteiger partial charge in [0.05, 0.1) is 11.7 Å². The van der Waals surface area contributed by atoms with Crippen LogP contribution in [0.4, 0.5) is 0 Å². The highest BCUT2D eigenvalue weighted by Gasteiger charge is 2.24. The molecule has 1 aliphatic carbocycles. The van der Waals surface area contributed by atoms with Crippen LogP contribution >= 0.6 is 11.3 Å². The molecule has 0 spiro atoms. The number of hydrogen-bond donors (Lipinski definition) is 1. The number of nitrogens with zero attached hydrogens (tertiary/aromatic N) is 1. The van der Waals surface area contributed by atoms with Crippen molar-refractivity contribution in [2.45, 2.75) is 25.3 Å². The standard InChI is InChI=1S/C18H18N2S/c1-19-15-10-5-11-16-17(15)20-18(21-16)14-9-4-7-12-6-2-3-8-13(12)14/h2-4,6-9,15,19H,5,10-11H2,1H3. The van der Waals surface area contributed by atoms with Crippen molar-refractivity contribution in [2.75, 3.05) is 7.05 Å². The van der Waals surface area contributed by atoms with Crippen molar-refractivity contribution in [3.8, 4) is 10.6 Å². The average Bonchev–Trinajstić information content (AvgIpc) is 2.98. The average molecular weight is 294 g/mol. The van der Waals surface area contributed by atoms with Gasteiger partial charge in [-0.1, -0.05) is 42.5 Å². The summed E-state index contributed by atoms with van der Waals surface area (Å²) >= 11 is 1.87. The molecule has 1 N–H and O–H groups in total. The minimum atomic E-state index is 0.425. The van der Waals surface area contributed by atoms with Gasteiger partial charge in [0.25, 0.3) is 0 Å². The van der Waals surface area contributed by atoms with Crippen LogP contribution < -0.4 is 5.32 Å². The minimum absolute atomic E-state index is 0.425. The lowest BCUT2D eigenvalue weighted by molar-refractivity contribution is 0.490. The van der Waals surface area contributed by atoms with Gasteiger partial charge in [-0.15, -0.1) is 11.3 Å². The van der Waals surface area contributed by atoms with E-state index in [0.717, 1.165) is 0 Å². The van der Waals surface area contributed by atoms with Crippen molar-refractivity contribution in [1.29, 1.82) is 0 Å². The van der Waals surface area contributed by atoms with E-state index in [4.69, 9.17) is 4.98 Å². The lowest BCUT2D eigenvalue weighted by Gasteiger charge is -2.19. The van der Waals surface area contributed by atoms with E-state index >= 15 is 0 Å². The molecule has 1 aliphatic rings. The number of nitrogens with one attached hydrogen (secondary N) is 1. The molecule has 0 aliphatic heterocycles. The molecule has 3 heteroatoms. The summed E-state index contributed by atoms with van der Waals surface area (Å²) in [6, 6.07) is 15.5. The van der Waals surface area contributed by atoms with Gasteiger partial charge in [-0.05, 0) is 37.1 Å². The number of thiazole rings is 1. The Morgan fingerprint density at radius 3 is 2.90 bits per heavy atom. The van der Waals surface area contributed by atoms with Crippen LogP contribution in [0.25, 0.3) is 21.3 Å². The van der Waals surface area contributed by atoms with E-state index in [-0.39, 0.29) is 0 Å². The predicted octanol–water partition coefficient (Wildman–Crippen LogP) is 4.56. The fourth-order valence-electron chi connectivity index (χ4n) is 3.23. The smallest absolute Gasteiger partial charge is 0.124 e. The second kappa shape index (κ2) is 5.24. The fourth-order valence-corrected chi connectivity index (χ4v) is 4.43. The van der Waals surface area contributed by atoms with Gasteiger partial charge in [0.1, 0.15) is 5.01 Å². The molecule has 3 aromatic rings. The molecule has 1 aromatic heterocycles. The van der Waals surface area contributed by atoms with Crippen LogP contribution in [-0.2, 0) is 6.42 Å². The summed E-state index contributed by atoms with van der Waals surface area (Å²) < 4.78 is 0. The summed E-state index contributed by atoms with van der Waals surface area (Å²) in [4.78, 5) is 6.44. The molecule has 0 amide bonds. The zero-order valence-corrected chi connectivity index (χ0v) is 12.9. The molecule has 0 saturated carbocycles. The number of fused-ring (bicyclic) bond motifs is 2. The van der Waals surface area contributed by atoms with Gasteiger partial charge in [0.2, 0.25) is 0 Å². The minimum Gasteiger partial charge on any atom is -0.312 e. The predicted molar refractivity (Wildman–Crippen MR) is 89.8 cm³/mol. The van der Waals surface area contributed by atoms with Gasteiger partial charge in [-0.2, -0.15) is 0 Å². The molecule has 2 nitrogen and oxygen atoms in total. The first-order valence-electron chi connectivity index (χ1n) is 7.52. The molecule has 1 heterocycles. The maximum Gasteiger partial charge on any atom is 0.124 e. The normalized spacial score (nSPS) is 17.9. The summed E-state index contributed by atoms with van der Waals surface area (Å²) in [5, 5.41) is 7.16. The monoisotopic (exact) mass is 294 g/mol. The third kappa shape index (κ3) is 2.17. The Morgan fingerprint density at radius 1 is 1.14 bits per heavy atom. The fraction of sp³-hybridized carbons (Fsp3) is 0.278. The van der Waals surface area contributed by atoms with Crippen molar-refractivity contribution in [3.63, 3.8) is 0 Å². The van der Waals surface area contributed by atoms with Crippen LogP contribution in [0.15, 0.2) is 42.5 Å². The van der Waals surface area contributed by atoms with Crippen molar-refractivity contribution in [3.05, 3.63) is 53.0 Å². The van der Waals surface area contributed by atoms with Crippen molar-refractivity contribution < 1.29 is 0 Å². The van der Waals surface area contributed by atoms with E-state index < -0.39 is 0 Å². The Morgan fingerprint density at radius 2 is 2.00 bits per heavy atom. The van der Waals surface area contributed by atoms with Crippen molar-refractivity contribution in [1.82, 2.24) is 10.3 Å². The number of hydrogen-bond acceptors (Lipinski definition) is 3. The lowest BCUT2D eigenvalue weighted by Crippen LogP contribution is -2.21. The molecular formula is C18H18N2S. The third-order valence-corrected chi connectivity index (χ3v) is 5.49. The van der Waals surface area contributed by atoms with Crippen LogP contribution in [0, 0.1) is 0 Å². The van der Waals surface area contributed by atoms with E-state index in [1.165, 1.54) is 51.2 Å².